The Kier molecular flexibility index (Phi) is 4.61. The minimum absolute atomic E-state index is 0.254. The molecule has 0 radical (unpaired) electrons. The first kappa shape index (κ1) is 16.8. The molecule has 2 heterocycles. The standard InChI is InChI=1S/C19H18FN3O2/c1-12-17(13(2)25-22-12)19(24)23(3)18(16-9-4-5-10-21-16)14-7-6-8-15(20)11-14/h4-11,18H,1-3H3/t18-/m0/s1. The number of aryl methyl sites for hydroxylation is 2. The van der Waals surface area contributed by atoms with Gasteiger partial charge in [0.25, 0.3) is 5.91 Å². The van der Waals surface area contributed by atoms with Crippen molar-refractivity contribution >= 4 is 5.91 Å². The lowest BCUT2D eigenvalue weighted by molar-refractivity contribution is 0.0750. The van der Waals surface area contributed by atoms with Crippen molar-refractivity contribution in [2.45, 2.75) is 19.9 Å². The van der Waals surface area contributed by atoms with E-state index in [4.69, 9.17) is 4.52 Å². The zero-order valence-electron chi connectivity index (χ0n) is 14.2. The van der Waals surface area contributed by atoms with Crippen LogP contribution in [0, 0.1) is 19.7 Å². The zero-order chi connectivity index (χ0) is 18.0. The second-order valence-electron chi connectivity index (χ2n) is 5.83. The summed E-state index contributed by atoms with van der Waals surface area (Å²) in [4.78, 5) is 18.9. The van der Waals surface area contributed by atoms with E-state index < -0.39 is 6.04 Å². The molecule has 0 aliphatic heterocycles. The van der Waals surface area contributed by atoms with Crippen molar-refractivity contribution in [3.8, 4) is 0 Å². The van der Waals surface area contributed by atoms with Gasteiger partial charge >= 0.3 is 0 Å². The van der Waals surface area contributed by atoms with Crippen LogP contribution in [0.5, 0.6) is 0 Å². The Labute approximate surface area is 145 Å². The van der Waals surface area contributed by atoms with Crippen molar-refractivity contribution in [3.63, 3.8) is 0 Å². The quantitative estimate of drug-likeness (QED) is 0.727. The molecular formula is C19H18FN3O2. The number of hydrogen-bond donors (Lipinski definition) is 0. The first-order valence-electron chi connectivity index (χ1n) is 7.85. The van der Waals surface area contributed by atoms with Crippen LogP contribution in [0.25, 0.3) is 0 Å². The summed E-state index contributed by atoms with van der Waals surface area (Å²) in [7, 11) is 1.67. The molecule has 1 amide bonds. The molecule has 0 N–H and O–H groups in total. The Hall–Kier alpha value is -3.02. The van der Waals surface area contributed by atoms with E-state index in [1.165, 1.54) is 17.0 Å². The molecule has 0 bridgehead atoms. The van der Waals surface area contributed by atoms with Crippen LogP contribution in [-0.4, -0.2) is 28.0 Å². The minimum Gasteiger partial charge on any atom is -0.361 e. The Morgan fingerprint density at radius 2 is 2.00 bits per heavy atom. The highest BCUT2D eigenvalue weighted by molar-refractivity contribution is 5.96. The Bertz CT molecular complexity index is 873. The number of carbonyl (C=O) groups is 1. The van der Waals surface area contributed by atoms with Crippen LogP contribution in [0.1, 0.15) is 39.1 Å². The molecular weight excluding hydrogens is 321 g/mol. The number of hydrogen-bond acceptors (Lipinski definition) is 4. The number of pyridine rings is 1. The van der Waals surface area contributed by atoms with Gasteiger partial charge < -0.3 is 9.42 Å². The fourth-order valence-electron chi connectivity index (χ4n) is 2.89. The summed E-state index contributed by atoms with van der Waals surface area (Å²) in [5.74, 6) is -0.166. The first-order valence-corrected chi connectivity index (χ1v) is 7.85. The average molecular weight is 339 g/mol. The van der Waals surface area contributed by atoms with Gasteiger partial charge in [0.05, 0.1) is 17.4 Å². The van der Waals surface area contributed by atoms with E-state index in [0.717, 1.165) is 0 Å². The lowest BCUT2D eigenvalue weighted by Gasteiger charge is -2.28. The molecule has 6 heteroatoms. The van der Waals surface area contributed by atoms with Gasteiger partial charge in [-0.25, -0.2) is 4.39 Å². The molecule has 0 spiro atoms. The van der Waals surface area contributed by atoms with E-state index in [9.17, 15) is 9.18 Å². The molecule has 25 heavy (non-hydrogen) atoms. The van der Waals surface area contributed by atoms with Gasteiger partial charge in [-0.1, -0.05) is 23.4 Å². The van der Waals surface area contributed by atoms with Crippen LogP contribution in [-0.2, 0) is 0 Å². The van der Waals surface area contributed by atoms with Crippen LogP contribution in [0.4, 0.5) is 4.39 Å². The van der Waals surface area contributed by atoms with Crippen LogP contribution < -0.4 is 0 Å². The summed E-state index contributed by atoms with van der Waals surface area (Å²) in [6.07, 6.45) is 1.65. The van der Waals surface area contributed by atoms with Crippen molar-refractivity contribution in [3.05, 3.63) is 82.8 Å². The van der Waals surface area contributed by atoms with Gasteiger partial charge in [0.2, 0.25) is 0 Å². The van der Waals surface area contributed by atoms with Crippen molar-refractivity contribution in [1.82, 2.24) is 15.0 Å². The van der Waals surface area contributed by atoms with Crippen molar-refractivity contribution in [2.75, 3.05) is 7.05 Å². The van der Waals surface area contributed by atoms with Crippen LogP contribution in [0.15, 0.2) is 53.2 Å². The summed E-state index contributed by atoms with van der Waals surface area (Å²) in [5, 5.41) is 3.84. The number of carbonyl (C=O) groups excluding carboxylic acids is 1. The second kappa shape index (κ2) is 6.84. The van der Waals surface area contributed by atoms with Crippen molar-refractivity contribution < 1.29 is 13.7 Å². The molecule has 2 aromatic heterocycles. The van der Waals surface area contributed by atoms with E-state index in [2.05, 4.69) is 10.1 Å². The average Bonchev–Trinajstić information content (AvgIpc) is 2.94. The predicted octanol–water partition coefficient (Wildman–Crippen LogP) is 3.69. The lowest BCUT2D eigenvalue weighted by atomic mass is 10.0. The van der Waals surface area contributed by atoms with Gasteiger partial charge in [-0.2, -0.15) is 0 Å². The third-order valence-corrected chi connectivity index (χ3v) is 4.09. The van der Waals surface area contributed by atoms with E-state index in [-0.39, 0.29) is 11.7 Å². The molecule has 0 saturated heterocycles. The third-order valence-electron chi connectivity index (χ3n) is 4.09. The Morgan fingerprint density at radius 3 is 2.60 bits per heavy atom. The first-order chi connectivity index (χ1) is 12.0. The molecule has 1 aromatic carbocycles. The predicted molar refractivity (Wildman–Crippen MR) is 90.6 cm³/mol. The molecule has 0 fully saturated rings. The van der Waals surface area contributed by atoms with Gasteiger partial charge in [-0.05, 0) is 43.7 Å². The maximum absolute atomic E-state index is 13.8. The number of halogens is 1. The molecule has 0 saturated carbocycles. The largest absolute Gasteiger partial charge is 0.361 e. The highest BCUT2D eigenvalue weighted by atomic mass is 19.1. The lowest BCUT2D eigenvalue weighted by Crippen LogP contribution is -2.33. The fourth-order valence-corrected chi connectivity index (χ4v) is 2.89. The molecule has 3 rings (SSSR count). The van der Waals surface area contributed by atoms with E-state index >= 15 is 0 Å². The normalized spacial score (nSPS) is 12.0. The van der Waals surface area contributed by atoms with Crippen LogP contribution in [0.2, 0.25) is 0 Å². The number of aromatic nitrogens is 2. The number of nitrogens with zero attached hydrogens (tertiary/aromatic N) is 3. The summed E-state index contributed by atoms with van der Waals surface area (Å²) >= 11 is 0. The summed E-state index contributed by atoms with van der Waals surface area (Å²) in [6.45, 7) is 3.41. The molecule has 0 aliphatic rings. The highest BCUT2D eigenvalue weighted by Crippen LogP contribution is 2.29. The maximum atomic E-state index is 13.8. The molecule has 128 valence electrons. The number of amides is 1. The van der Waals surface area contributed by atoms with E-state index in [0.29, 0.717) is 28.3 Å². The van der Waals surface area contributed by atoms with Gasteiger partial charge in [-0.15, -0.1) is 0 Å². The zero-order valence-corrected chi connectivity index (χ0v) is 14.2. The van der Waals surface area contributed by atoms with Crippen LogP contribution >= 0.6 is 0 Å². The Balaban J connectivity index is 2.07. The number of benzene rings is 1. The van der Waals surface area contributed by atoms with Crippen molar-refractivity contribution in [1.29, 1.82) is 0 Å². The third kappa shape index (κ3) is 3.28. The molecule has 0 unspecified atom stereocenters. The topological polar surface area (TPSA) is 59.2 Å². The summed E-state index contributed by atoms with van der Waals surface area (Å²) in [5.41, 5.74) is 2.23. The van der Waals surface area contributed by atoms with E-state index in [1.807, 2.05) is 12.1 Å². The monoisotopic (exact) mass is 339 g/mol. The second-order valence-corrected chi connectivity index (χ2v) is 5.83. The fraction of sp³-hybridized carbons (Fsp3) is 0.211. The van der Waals surface area contributed by atoms with Gasteiger partial charge in [0.15, 0.2) is 0 Å². The van der Waals surface area contributed by atoms with Gasteiger partial charge in [0, 0.05) is 13.2 Å². The molecule has 1 atom stereocenters. The summed E-state index contributed by atoms with van der Waals surface area (Å²) in [6, 6.07) is 11.1. The minimum atomic E-state index is -0.530. The SMILES string of the molecule is Cc1noc(C)c1C(=O)N(C)[C@@H](c1cccc(F)c1)c1ccccn1. The van der Waals surface area contributed by atoms with Gasteiger partial charge in [-0.3, -0.25) is 9.78 Å². The number of rotatable bonds is 4. The summed E-state index contributed by atoms with van der Waals surface area (Å²) < 4.78 is 18.9. The van der Waals surface area contributed by atoms with E-state index in [1.54, 1.807) is 45.3 Å². The maximum Gasteiger partial charge on any atom is 0.259 e. The van der Waals surface area contributed by atoms with Gasteiger partial charge in [0.1, 0.15) is 17.1 Å². The smallest absolute Gasteiger partial charge is 0.259 e. The Morgan fingerprint density at radius 1 is 1.20 bits per heavy atom. The molecule has 5 nitrogen and oxygen atoms in total. The van der Waals surface area contributed by atoms with Crippen molar-refractivity contribution in [2.24, 2.45) is 0 Å². The molecule has 3 aromatic rings. The molecule has 0 aliphatic carbocycles. The highest BCUT2D eigenvalue weighted by Gasteiger charge is 2.29. The van der Waals surface area contributed by atoms with Crippen LogP contribution in [0.3, 0.4) is 0 Å².